The van der Waals surface area contributed by atoms with Crippen molar-refractivity contribution in [2.45, 2.75) is 31.6 Å². The highest BCUT2D eigenvalue weighted by Crippen LogP contribution is 2.44. The van der Waals surface area contributed by atoms with Gasteiger partial charge in [-0.1, -0.05) is 42.3 Å². The Morgan fingerprint density at radius 1 is 1.40 bits per heavy atom. The van der Waals surface area contributed by atoms with Gasteiger partial charge in [-0.2, -0.15) is 0 Å². The maximum absolute atomic E-state index is 5.96. The van der Waals surface area contributed by atoms with Crippen molar-refractivity contribution >= 4 is 17.6 Å². The number of nitrogens with one attached hydrogen (secondary N) is 1. The van der Waals surface area contributed by atoms with Crippen LogP contribution in [0.1, 0.15) is 31.7 Å². The maximum atomic E-state index is 5.96. The van der Waals surface area contributed by atoms with Gasteiger partial charge >= 0.3 is 0 Å². The average Bonchev–Trinajstić information content (AvgIpc) is 2.37. The van der Waals surface area contributed by atoms with Gasteiger partial charge in [0, 0.05) is 17.0 Å². The van der Waals surface area contributed by atoms with Gasteiger partial charge in [-0.05, 0) is 37.5 Å². The van der Waals surface area contributed by atoms with Gasteiger partial charge in [-0.15, -0.1) is 0 Å². The summed E-state index contributed by atoms with van der Waals surface area (Å²) in [6, 6.07) is 8.11. The van der Waals surface area contributed by atoms with E-state index >= 15 is 0 Å². The summed E-state index contributed by atoms with van der Waals surface area (Å²) in [4.78, 5) is 4.50. The molecule has 1 fully saturated rings. The summed E-state index contributed by atoms with van der Waals surface area (Å²) in [5, 5.41) is 3.84. The molecular formula is C16H22ClN3. The van der Waals surface area contributed by atoms with Crippen molar-refractivity contribution in [3.8, 4) is 0 Å². The zero-order valence-corrected chi connectivity index (χ0v) is 12.7. The van der Waals surface area contributed by atoms with E-state index in [0.717, 1.165) is 30.0 Å². The fourth-order valence-corrected chi connectivity index (χ4v) is 2.60. The number of aliphatic imine (C=N–C) groups is 1. The highest BCUT2D eigenvalue weighted by Gasteiger charge is 2.38. The van der Waals surface area contributed by atoms with E-state index in [0.29, 0.717) is 12.5 Å². The van der Waals surface area contributed by atoms with E-state index in [4.69, 9.17) is 17.3 Å². The van der Waals surface area contributed by atoms with Crippen LogP contribution >= 0.6 is 11.6 Å². The SMILES string of the molecule is C=C(C)CNC(N)=NCC1(c2ccc(Cl)cc2)CCC1. The number of hydrogen-bond donors (Lipinski definition) is 2. The van der Waals surface area contributed by atoms with Crippen LogP contribution in [-0.2, 0) is 5.41 Å². The Morgan fingerprint density at radius 3 is 2.55 bits per heavy atom. The number of guanidine groups is 1. The Kier molecular flexibility index (Phi) is 4.71. The summed E-state index contributed by atoms with van der Waals surface area (Å²) < 4.78 is 0. The van der Waals surface area contributed by atoms with Crippen molar-refractivity contribution < 1.29 is 0 Å². The first-order chi connectivity index (χ1) is 9.52. The first kappa shape index (κ1) is 14.9. The van der Waals surface area contributed by atoms with E-state index in [1.807, 2.05) is 19.1 Å². The minimum absolute atomic E-state index is 0.139. The molecule has 1 saturated carbocycles. The second-order valence-corrected chi connectivity index (χ2v) is 6.09. The van der Waals surface area contributed by atoms with Gasteiger partial charge in [0.05, 0.1) is 6.54 Å². The van der Waals surface area contributed by atoms with Crippen LogP contribution in [0.3, 0.4) is 0 Å². The summed E-state index contributed by atoms with van der Waals surface area (Å²) in [5.74, 6) is 0.494. The van der Waals surface area contributed by atoms with Crippen LogP contribution in [0, 0.1) is 0 Å². The minimum Gasteiger partial charge on any atom is -0.370 e. The van der Waals surface area contributed by atoms with Crippen molar-refractivity contribution in [1.29, 1.82) is 0 Å². The van der Waals surface area contributed by atoms with E-state index in [1.54, 1.807) is 0 Å². The Morgan fingerprint density at radius 2 is 2.05 bits per heavy atom. The molecular weight excluding hydrogens is 270 g/mol. The quantitative estimate of drug-likeness (QED) is 0.497. The lowest BCUT2D eigenvalue weighted by atomic mass is 9.64. The van der Waals surface area contributed by atoms with Crippen LogP contribution in [0.25, 0.3) is 0 Å². The topological polar surface area (TPSA) is 50.4 Å². The molecule has 108 valence electrons. The fraction of sp³-hybridized carbons (Fsp3) is 0.438. The van der Waals surface area contributed by atoms with Gasteiger partial charge in [0.15, 0.2) is 5.96 Å². The van der Waals surface area contributed by atoms with Gasteiger partial charge in [-0.25, -0.2) is 0 Å². The summed E-state index contributed by atoms with van der Waals surface area (Å²) >= 11 is 5.96. The summed E-state index contributed by atoms with van der Waals surface area (Å²) in [6.45, 7) is 7.19. The van der Waals surface area contributed by atoms with Crippen LogP contribution in [0.2, 0.25) is 5.02 Å². The predicted octanol–water partition coefficient (Wildman–Crippen LogP) is 3.24. The standard InChI is InChI=1S/C16H22ClN3/c1-12(2)10-19-15(18)20-11-16(8-3-9-16)13-4-6-14(17)7-5-13/h4-7H,1,3,8-11H2,2H3,(H3,18,19,20). The van der Waals surface area contributed by atoms with Crippen molar-refractivity contribution in [1.82, 2.24) is 5.32 Å². The Hall–Kier alpha value is -1.48. The number of rotatable bonds is 5. The fourth-order valence-electron chi connectivity index (χ4n) is 2.48. The van der Waals surface area contributed by atoms with Gasteiger partial charge in [0.2, 0.25) is 0 Å². The lowest BCUT2D eigenvalue weighted by Crippen LogP contribution is -2.40. The van der Waals surface area contributed by atoms with Crippen LogP contribution in [0.5, 0.6) is 0 Å². The van der Waals surface area contributed by atoms with Gasteiger partial charge in [0.25, 0.3) is 0 Å². The molecule has 3 nitrogen and oxygen atoms in total. The molecule has 1 aliphatic carbocycles. The molecule has 0 spiro atoms. The normalized spacial score (nSPS) is 17.4. The average molecular weight is 292 g/mol. The smallest absolute Gasteiger partial charge is 0.188 e. The molecule has 20 heavy (non-hydrogen) atoms. The molecule has 3 N–H and O–H groups in total. The molecule has 1 aromatic rings. The zero-order chi connectivity index (χ0) is 14.6. The van der Waals surface area contributed by atoms with Crippen molar-refractivity contribution in [2.24, 2.45) is 10.7 Å². The first-order valence-electron chi connectivity index (χ1n) is 6.96. The predicted molar refractivity (Wildman–Crippen MR) is 86.3 cm³/mol. The summed E-state index contributed by atoms with van der Waals surface area (Å²) in [7, 11) is 0. The third-order valence-electron chi connectivity index (χ3n) is 3.89. The van der Waals surface area contributed by atoms with Crippen LogP contribution in [0.15, 0.2) is 41.4 Å². The molecule has 0 radical (unpaired) electrons. The van der Waals surface area contributed by atoms with Crippen LogP contribution < -0.4 is 11.1 Å². The Balaban J connectivity index is 2.03. The number of halogens is 1. The molecule has 0 amide bonds. The van der Waals surface area contributed by atoms with E-state index < -0.39 is 0 Å². The molecule has 0 bridgehead atoms. The molecule has 0 saturated heterocycles. The monoisotopic (exact) mass is 291 g/mol. The Bertz CT molecular complexity index is 501. The lowest BCUT2D eigenvalue weighted by molar-refractivity contribution is 0.253. The van der Waals surface area contributed by atoms with E-state index in [-0.39, 0.29) is 5.41 Å². The van der Waals surface area contributed by atoms with Crippen molar-refractivity contribution in [3.05, 3.63) is 47.0 Å². The molecule has 0 aliphatic heterocycles. The molecule has 1 aromatic carbocycles. The molecule has 4 heteroatoms. The molecule has 0 unspecified atom stereocenters. The van der Waals surface area contributed by atoms with E-state index in [2.05, 4.69) is 29.0 Å². The summed E-state index contributed by atoms with van der Waals surface area (Å²) in [5.41, 5.74) is 8.38. The molecule has 2 rings (SSSR count). The number of nitrogens with two attached hydrogens (primary N) is 1. The number of benzene rings is 1. The molecule has 1 aliphatic rings. The second kappa shape index (κ2) is 6.31. The van der Waals surface area contributed by atoms with Gasteiger partial charge < -0.3 is 11.1 Å². The van der Waals surface area contributed by atoms with Crippen molar-refractivity contribution in [3.63, 3.8) is 0 Å². The second-order valence-electron chi connectivity index (χ2n) is 5.65. The zero-order valence-electron chi connectivity index (χ0n) is 12.0. The highest BCUT2D eigenvalue weighted by molar-refractivity contribution is 6.30. The van der Waals surface area contributed by atoms with E-state index in [9.17, 15) is 0 Å². The number of nitrogens with zero attached hydrogens (tertiary/aromatic N) is 1. The van der Waals surface area contributed by atoms with Crippen molar-refractivity contribution in [2.75, 3.05) is 13.1 Å². The van der Waals surface area contributed by atoms with Gasteiger partial charge in [0.1, 0.15) is 0 Å². The lowest BCUT2D eigenvalue weighted by Gasteiger charge is -2.41. The van der Waals surface area contributed by atoms with Crippen LogP contribution in [-0.4, -0.2) is 19.0 Å². The molecule has 0 aromatic heterocycles. The van der Waals surface area contributed by atoms with Crippen LogP contribution in [0.4, 0.5) is 0 Å². The maximum Gasteiger partial charge on any atom is 0.188 e. The highest BCUT2D eigenvalue weighted by atomic mass is 35.5. The minimum atomic E-state index is 0.139. The molecule has 0 heterocycles. The van der Waals surface area contributed by atoms with E-state index in [1.165, 1.54) is 12.0 Å². The third-order valence-corrected chi connectivity index (χ3v) is 4.14. The summed E-state index contributed by atoms with van der Waals surface area (Å²) in [6.07, 6.45) is 3.56. The van der Waals surface area contributed by atoms with Gasteiger partial charge in [-0.3, -0.25) is 4.99 Å². The third kappa shape index (κ3) is 3.54. The Labute approximate surface area is 125 Å². The first-order valence-corrected chi connectivity index (χ1v) is 7.34. The largest absolute Gasteiger partial charge is 0.370 e. The molecule has 0 atom stereocenters. The number of hydrogen-bond acceptors (Lipinski definition) is 1.